The first-order chi connectivity index (χ1) is 13.9. The third-order valence-corrected chi connectivity index (χ3v) is 6.31. The first kappa shape index (κ1) is 21.1. The number of carbonyl (C=O) groups is 1. The van der Waals surface area contributed by atoms with Crippen molar-refractivity contribution in [3.8, 4) is 5.69 Å². The van der Waals surface area contributed by atoms with Crippen molar-refractivity contribution in [2.75, 3.05) is 13.1 Å². The highest BCUT2D eigenvalue weighted by Gasteiger charge is 2.25. The maximum absolute atomic E-state index is 13.0. The molecule has 3 rings (SSSR count). The van der Waals surface area contributed by atoms with E-state index in [4.69, 9.17) is 10.4 Å². The third kappa shape index (κ3) is 4.07. The van der Waals surface area contributed by atoms with E-state index >= 15 is 0 Å². The second kappa shape index (κ2) is 8.82. The molecule has 8 heteroatoms. The van der Waals surface area contributed by atoms with Crippen molar-refractivity contribution in [1.29, 1.82) is 5.41 Å². The summed E-state index contributed by atoms with van der Waals surface area (Å²) in [5, 5.41) is 17.1. The highest BCUT2D eigenvalue weighted by atomic mass is 32.2. The van der Waals surface area contributed by atoms with Crippen LogP contribution in [0.25, 0.3) is 16.7 Å². The van der Waals surface area contributed by atoms with Gasteiger partial charge in [0.15, 0.2) is 10.8 Å². The average Bonchev–Trinajstić information content (AvgIpc) is 3.07. The minimum absolute atomic E-state index is 0.102. The molecular weight excluding hydrogens is 384 g/mol. The summed E-state index contributed by atoms with van der Waals surface area (Å²) in [4.78, 5) is 19.6. The van der Waals surface area contributed by atoms with Crippen LogP contribution in [0.2, 0.25) is 0 Å². The van der Waals surface area contributed by atoms with Gasteiger partial charge in [-0.15, -0.1) is 0 Å². The molecule has 2 aromatic heterocycles. The van der Waals surface area contributed by atoms with E-state index in [-0.39, 0.29) is 11.2 Å². The molecule has 0 saturated carbocycles. The summed E-state index contributed by atoms with van der Waals surface area (Å²) >= 11 is 1.41. The Morgan fingerprint density at radius 2 is 2.00 bits per heavy atom. The summed E-state index contributed by atoms with van der Waals surface area (Å²) in [6, 6.07) is 7.98. The van der Waals surface area contributed by atoms with E-state index in [0.29, 0.717) is 41.2 Å². The van der Waals surface area contributed by atoms with E-state index in [2.05, 4.69) is 10.2 Å². The van der Waals surface area contributed by atoms with Crippen LogP contribution < -0.4 is 5.49 Å². The van der Waals surface area contributed by atoms with E-state index in [0.717, 1.165) is 16.9 Å². The van der Waals surface area contributed by atoms with Gasteiger partial charge in [0.1, 0.15) is 5.49 Å². The second-order valence-electron chi connectivity index (χ2n) is 6.99. The molecule has 0 aliphatic carbocycles. The largest absolute Gasteiger partial charge is 0.342 e. The molecule has 0 bridgehead atoms. The first-order valence-electron chi connectivity index (χ1n) is 9.95. The van der Waals surface area contributed by atoms with Crippen LogP contribution in [-0.4, -0.2) is 48.9 Å². The van der Waals surface area contributed by atoms with Crippen molar-refractivity contribution < 1.29 is 4.79 Å². The molecule has 1 atom stereocenters. The number of aryl methyl sites for hydroxylation is 2. The van der Waals surface area contributed by atoms with E-state index in [9.17, 15) is 4.79 Å². The molecule has 29 heavy (non-hydrogen) atoms. The lowest BCUT2D eigenvalue weighted by Crippen LogP contribution is -2.37. The van der Waals surface area contributed by atoms with Crippen LogP contribution >= 0.6 is 11.8 Å². The highest BCUT2D eigenvalue weighted by molar-refractivity contribution is 8.00. The van der Waals surface area contributed by atoms with Crippen molar-refractivity contribution in [2.24, 2.45) is 0 Å². The highest BCUT2D eigenvalue weighted by Crippen LogP contribution is 2.28. The lowest BCUT2D eigenvalue weighted by molar-refractivity contribution is -0.130. The number of amides is 1. The molecule has 0 radical (unpaired) electrons. The van der Waals surface area contributed by atoms with E-state index in [1.807, 2.05) is 68.4 Å². The van der Waals surface area contributed by atoms with Gasteiger partial charge >= 0.3 is 0 Å². The van der Waals surface area contributed by atoms with Crippen LogP contribution in [0, 0.1) is 19.3 Å². The molecule has 2 N–H and O–H groups in total. The molecule has 0 aliphatic heterocycles. The normalized spacial score (nSPS) is 12.3. The summed E-state index contributed by atoms with van der Waals surface area (Å²) in [5.41, 5.74) is 3.59. The molecule has 0 spiro atoms. The summed E-state index contributed by atoms with van der Waals surface area (Å²) in [6.07, 6.45) is 0.681. The number of rotatable bonds is 7. The number of hydrogen-bond donors (Lipinski definition) is 2. The fourth-order valence-electron chi connectivity index (χ4n) is 3.39. The van der Waals surface area contributed by atoms with Gasteiger partial charge in [0.05, 0.1) is 10.6 Å². The maximum atomic E-state index is 13.0. The van der Waals surface area contributed by atoms with Crippen LogP contribution in [0.1, 0.15) is 38.4 Å². The first-order valence-corrected chi connectivity index (χ1v) is 10.8. The molecule has 3 aromatic rings. The van der Waals surface area contributed by atoms with Crippen LogP contribution in [-0.2, 0) is 4.79 Å². The maximum Gasteiger partial charge on any atom is 0.236 e. The zero-order chi connectivity index (χ0) is 21.1. The van der Waals surface area contributed by atoms with Crippen molar-refractivity contribution in [1.82, 2.24) is 24.6 Å². The Kier molecular flexibility index (Phi) is 6.42. The van der Waals surface area contributed by atoms with Crippen molar-refractivity contribution >= 4 is 28.7 Å². The minimum atomic E-state index is -0.268. The number of aromatic nitrogens is 4. The number of nitrogens with one attached hydrogen (secondary N) is 2. The van der Waals surface area contributed by atoms with Gasteiger partial charge in [0.25, 0.3) is 0 Å². The molecule has 2 heterocycles. The Bertz CT molecular complexity index is 1080. The van der Waals surface area contributed by atoms with Gasteiger partial charge in [-0.1, -0.05) is 30.8 Å². The molecular formula is C21H28N6OS. The van der Waals surface area contributed by atoms with E-state index in [1.54, 1.807) is 0 Å². The summed E-state index contributed by atoms with van der Waals surface area (Å²) in [6.45, 7) is 11.3. The Morgan fingerprint density at radius 1 is 1.28 bits per heavy atom. The monoisotopic (exact) mass is 412 g/mol. The molecule has 1 amide bonds. The third-order valence-electron chi connectivity index (χ3n) is 5.01. The molecule has 0 aliphatic rings. The van der Waals surface area contributed by atoms with Crippen LogP contribution in [0.5, 0.6) is 0 Å². The fourth-order valence-corrected chi connectivity index (χ4v) is 4.50. The number of nitrogens with zero attached hydrogens (tertiary/aromatic N) is 4. The summed E-state index contributed by atoms with van der Waals surface area (Å²) in [5.74, 6) is 0.102. The Balaban J connectivity index is 2.17. The average molecular weight is 413 g/mol. The molecule has 154 valence electrons. The zero-order valence-corrected chi connectivity index (χ0v) is 18.4. The number of thioether (sulfide) groups is 1. The summed E-state index contributed by atoms with van der Waals surface area (Å²) in [7, 11) is 0. The van der Waals surface area contributed by atoms with Crippen molar-refractivity contribution in [2.45, 2.75) is 51.4 Å². The van der Waals surface area contributed by atoms with Gasteiger partial charge in [-0.2, -0.15) is 5.10 Å². The Labute approximate surface area is 175 Å². The topological polar surface area (TPSA) is 90.7 Å². The smallest absolute Gasteiger partial charge is 0.236 e. The minimum Gasteiger partial charge on any atom is -0.342 e. The molecule has 7 nitrogen and oxygen atoms in total. The SMILES string of the molecule is CCC(Sc1nc2n[nH]c(C)c2c(=N)n1-c1cccc(C)c1)C(=O)N(CC)CC. The standard InChI is InChI=1S/C21H28N6OS/c1-6-16(20(28)26(7-2)8-3)29-21-23-19-17(14(5)24-25-19)18(22)27(21)15-11-9-10-13(4)12-15/h9-12,16,22H,6-8H2,1-5H3,(H,24,25). The van der Waals surface area contributed by atoms with Gasteiger partial charge in [-0.3, -0.25) is 19.9 Å². The van der Waals surface area contributed by atoms with Crippen LogP contribution in [0.3, 0.4) is 0 Å². The van der Waals surface area contributed by atoms with Crippen LogP contribution in [0.15, 0.2) is 29.4 Å². The fraction of sp³-hybridized carbons (Fsp3) is 0.429. The number of hydrogen-bond acceptors (Lipinski definition) is 5. The number of benzene rings is 1. The lowest BCUT2D eigenvalue weighted by Gasteiger charge is -2.24. The quantitative estimate of drug-likeness (QED) is 0.458. The lowest BCUT2D eigenvalue weighted by atomic mass is 10.2. The van der Waals surface area contributed by atoms with Crippen molar-refractivity contribution in [3.05, 3.63) is 41.0 Å². The molecule has 1 unspecified atom stereocenters. The van der Waals surface area contributed by atoms with Gasteiger partial charge < -0.3 is 4.90 Å². The van der Waals surface area contributed by atoms with Gasteiger partial charge in [0, 0.05) is 24.5 Å². The second-order valence-corrected chi connectivity index (χ2v) is 8.16. The zero-order valence-electron chi connectivity index (χ0n) is 17.6. The number of carbonyl (C=O) groups excluding carboxylic acids is 1. The van der Waals surface area contributed by atoms with Gasteiger partial charge in [0.2, 0.25) is 5.91 Å². The molecule has 0 saturated heterocycles. The number of H-pyrrole nitrogens is 1. The molecule has 0 fully saturated rings. The predicted molar refractivity (Wildman–Crippen MR) is 116 cm³/mol. The predicted octanol–water partition coefficient (Wildman–Crippen LogP) is 3.58. The Morgan fingerprint density at radius 3 is 2.62 bits per heavy atom. The van der Waals surface area contributed by atoms with Gasteiger partial charge in [-0.25, -0.2) is 4.98 Å². The summed E-state index contributed by atoms with van der Waals surface area (Å²) < 4.78 is 1.82. The number of fused-ring (bicyclic) bond motifs is 1. The number of aromatic amines is 1. The van der Waals surface area contributed by atoms with Gasteiger partial charge in [-0.05, 0) is 51.8 Å². The van der Waals surface area contributed by atoms with E-state index < -0.39 is 0 Å². The van der Waals surface area contributed by atoms with E-state index in [1.165, 1.54) is 11.8 Å². The molecule has 1 aromatic carbocycles. The Hall–Kier alpha value is -2.61. The van der Waals surface area contributed by atoms with Crippen LogP contribution in [0.4, 0.5) is 0 Å². The van der Waals surface area contributed by atoms with Crippen molar-refractivity contribution in [3.63, 3.8) is 0 Å².